The van der Waals surface area contributed by atoms with Crippen molar-refractivity contribution in [2.24, 2.45) is 4.99 Å². The second-order valence-corrected chi connectivity index (χ2v) is 6.97. The number of hydrogen-bond acceptors (Lipinski definition) is 6. The molecule has 0 unspecified atom stereocenters. The molecule has 0 aromatic heterocycles. The number of benzene rings is 1. The van der Waals surface area contributed by atoms with E-state index in [0.29, 0.717) is 24.5 Å². The van der Waals surface area contributed by atoms with Gasteiger partial charge < -0.3 is 20.5 Å². The third kappa shape index (κ3) is 3.76. The molecule has 10 heteroatoms. The topological polar surface area (TPSA) is 127 Å². The minimum atomic E-state index is -3.81. The van der Waals surface area contributed by atoms with Crippen molar-refractivity contribution in [1.82, 2.24) is 9.62 Å². The van der Waals surface area contributed by atoms with E-state index in [9.17, 15) is 13.5 Å². The van der Waals surface area contributed by atoms with Crippen LogP contribution in [-0.4, -0.2) is 57.1 Å². The number of morpholine rings is 1. The zero-order chi connectivity index (χ0) is 17.7. The second kappa shape index (κ2) is 7.48. The van der Waals surface area contributed by atoms with E-state index in [-0.39, 0.29) is 29.7 Å². The molecule has 24 heavy (non-hydrogen) atoms. The highest BCUT2D eigenvalue weighted by molar-refractivity contribution is 7.89. The summed E-state index contributed by atoms with van der Waals surface area (Å²) >= 11 is 0. The number of nitrogens with zero attached hydrogens (tertiary/aromatic N) is 3. The lowest BCUT2D eigenvalue weighted by atomic mass is 10.2. The van der Waals surface area contributed by atoms with Gasteiger partial charge in [-0.15, -0.1) is 4.99 Å². The molecule has 0 bridgehead atoms. The van der Waals surface area contributed by atoms with E-state index < -0.39 is 10.0 Å². The Morgan fingerprint density at radius 2 is 2.08 bits per heavy atom. The van der Waals surface area contributed by atoms with Gasteiger partial charge in [0.15, 0.2) is 0 Å². The lowest BCUT2D eigenvalue weighted by Gasteiger charge is -2.27. The molecule has 1 fully saturated rings. The third-order valence-corrected chi connectivity index (χ3v) is 5.58. The Bertz CT molecular complexity index is 756. The largest absolute Gasteiger partial charge is 0.506 e. The molecule has 3 N–H and O–H groups in total. The average Bonchev–Trinajstić information content (AvgIpc) is 2.54. The van der Waals surface area contributed by atoms with E-state index in [1.165, 1.54) is 10.4 Å². The number of rotatable bonds is 3. The molecule has 2 rings (SSSR count). The van der Waals surface area contributed by atoms with E-state index in [4.69, 9.17) is 10.00 Å². The summed E-state index contributed by atoms with van der Waals surface area (Å²) in [5.41, 5.74) is 0.797. The summed E-state index contributed by atoms with van der Waals surface area (Å²) in [7, 11) is -2.23. The zero-order valence-electron chi connectivity index (χ0n) is 13.4. The van der Waals surface area contributed by atoms with Gasteiger partial charge in [0.2, 0.25) is 22.2 Å². The van der Waals surface area contributed by atoms with Crippen LogP contribution in [0.5, 0.6) is 5.75 Å². The summed E-state index contributed by atoms with van der Waals surface area (Å²) < 4.78 is 31.9. The van der Waals surface area contributed by atoms with Crippen molar-refractivity contribution in [3.05, 3.63) is 17.7 Å². The molecule has 1 aliphatic rings. The number of anilines is 1. The Morgan fingerprint density at radius 1 is 1.42 bits per heavy atom. The molecular weight excluding hydrogens is 334 g/mol. The van der Waals surface area contributed by atoms with E-state index in [1.807, 2.05) is 0 Å². The number of aryl methyl sites for hydroxylation is 1. The number of ether oxygens (including phenoxy) is 1. The molecular formula is C14H19N5O4S. The summed E-state index contributed by atoms with van der Waals surface area (Å²) in [6, 6.07) is 2.85. The predicted octanol–water partition coefficient (Wildman–Crippen LogP) is 0.190. The molecule has 0 aliphatic carbocycles. The maximum atomic E-state index is 12.7. The summed E-state index contributed by atoms with van der Waals surface area (Å²) in [5, 5.41) is 24.3. The molecule has 130 valence electrons. The Kier molecular flexibility index (Phi) is 5.61. The van der Waals surface area contributed by atoms with Gasteiger partial charge in [-0.3, -0.25) is 0 Å². The van der Waals surface area contributed by atoms with Crippen molar-refractivity contribution in [3.8, 4) is 11.9 Å². The van der Waals surface area contributed by atoms with Gasteiger partial charge in [-0.1, -0.05) is 0 Å². The van der Waals surface area contributed by atoms with E-state index in [2.05, 4.69) is 15.6 Å². The number of aliphatic imine (C=N–C) groups is 1. The first-order chi connectivity index (χ1) is 11.4. The first kappa shape index (κ1) is 18.0. The molecule has 9 nitrogen and oxygen atoms in total. The van der Waals surface area contributed by atoms with Gasteiger partial charge in [-0.05, 0) is 18.6 Å². The van der Waals surface area contributed by atoms with Gasteiger partial charge in [0, 0.05) is 31.9 Å². The van der Waals surface area contributed by atoms with Gasteiger partial charge in [0.1, 0.15) is 10.6 Å². The SMILES string of the molecule is CN/C(=N\C#N)Nc1cc(C)c(S(=O)(=O)N2CCOCC2)c(O)c1. The monoisotopic (exact) mass is 353 g/mol. The number of aromatic hydroxyl groups is 1. The number of sulfonamides is 1. The fourth-order valence-corrected chi connectivity index (χ4v) is 4.09. The number of hydrogen-bond donors (Lipinski definition) is 3. The summed E-state index contributed by atoms with van der Waals surface area (Å²) in [6.07, 6.45) is 1.63. The molecule has 0 radical (unpaired) electrons. The first-order valence-electron chi connectivity index (χ1n) is 7.23. The van der Waals surface area contributed by atoms with E-state index in [1.54, 1.807) is 26.2 Å². The van der Waals surface area contributed by atoms with Crippen LogP contribution in [0.3, 0.4) is 0 Å². The van der Waals surface area contributed by atoms with Gasteiger partial charge >= 0.3 is 0 Å². The van der Waals surface area contributed by atoms with Gasteiger partial charge in [0.25, 0.3) is 0 Å². The third-order valence-electron chi connectivity index (χ3n) is 3.48. The number of guanidine groups is 1. The highest BCUT2D eigenvalue weighted by atomic mass is 32.2. The molecule has 1 heterocycles. The molecule has 0 saturated carbocycles. The van der Waals surface area contributed by atoms with Crippen molar-refractivity contribution < 1.29 is 18.3 Å². The molecule has 0 spiro atoms. The maximum Gasteiger partial charge on any atom is 0.247 e. The van der Waals surface area contributed by atoms with Crippen LogP contribution in [-0.2, 0) is 14.8 Å². The van der Waals surface area contributed by atoms with Gasteiger partial charge in [-0.25, -0.2) is 8.42 Å². The number of nitrogens with one attached hydrogen (secondary N) is 2. The van der Waals surface area contributed by atoms with Crippen LogP contribution in [0, 0.1) is 18.4 Å². The fraction of sp³-hybridized carbons (Fsp3) is 0.429. The first-order valence-corrected chi connectivity index (χ1v) is 8.67. The molecule has 0 amide bonds. The molecule has 1 saturated heterocycles. The van der Waals surface area contributed by atoms with Crippen LogP contribution < -0.4 is 10.6 Å². The van der Waals surface area contributed by atoms with Crippen molar-refractivity contribution in [2.75, 3.05) is 38.7 Å². The number of phenolic OH excluding ortho intramolecular Hbond substituents is 1. The van der Waals surface area contributed by atoms with Crippen molar-refractivity contribution >= 4 is 21.7 Å². The van der Waals surface area contributed by atoms with Crippen LogP contribution in [0.25, 0.3) is 0 Å². The van der Waals surface area contributed by atoms with Crippen LogP contribution in [0.1, 0.15) is 5.56 Å². The van der Waals surface area contributed by atoms with Crippen LogP contribution >= 0.6 is 0 Å². The smallest absolute Gasteiger partial charge is 0.247 e. The summed E-state index contributed by atoms with van der Waals surface area (Å²) in [5.74, 6) is -0.184. The molecule has 1 aromatic carbocycles. The van der Waals surface area contributed by atoms with Crippen molar-refractivity contribution in [1.29, 1.82) is 5.26 Å². The van der Waals surface area contributed by atoms with Crippen molar-refractivity contribution in [3.63, 3.8) is 0 Å². The standard InChI is InChI=1S/C14H19N5O4S/c1-10-7-11(18-14(16-2)17-9-15)8-12(20)13(10)24(21,22)19-3-5-23-6-4-19/h7-8,20H,3-6H2,1-2H3,(H2,16,17,18). The van der Waals surface area contributed by atoms with Gasteiger partial charge in [0.05, 0.1) is 13.2 Å². The summed E-state index contributed by atoms with van der Waals surface area (Å²) in [4.78, 5) is 3.39. The Morgan fingerprint density at radius 3 is 2.62 bits per heavy atom. The zero-order valence-corrected chi connectivity index (χ0v) is 14.2. The minimum absolute atomic E-state index is 0.127. The molecule has 0 atom stereocenters. The average molecular weight is 353 g/mol. The Balaban J connectivity index is 2.36. The minimum Gasteiger partial charge on any atom is -0.506 e. The fourth-order valence-electron chi connectivity index (χ4n) is 2.41. The quantitative estimate of drug-likeness (QED) is 0.402. The normalized spacial score (nSPS) is 16.5. The number of nitriles is 1. The van der Waals surface area contributed by atoms with Crippen LogP contribution in [0.2, 0.25) is 0 Å². The predicted molar refractivity (Wildman–Crippen MR) is 88.2 cm³/mol. The van der Waals surface area contributed by atoms with Crippen molar-refractivity contribution in [2.45, 2.75) is 11.8 Å². The lowest BCUT2D eigenvalue weighted by Crippen LogP contribution is -2.40. The van der Waals surface area contributed by atoms with Gasteiger partial charge in [-0.2, -0.15) is 9.57 Å². The van der Waals surface area contributed by atoms with E-state index in [0.717, 1.165) is 0 Å². The Labute approximate surface area is 140 Å². The lowest BCUT2D eigenvalue weighted by molar-refractivity contribution is 0.0729. The molecule has 1 aliphatic heterocycles. The summed E-state index contributed by atoms with van der Waals surface area (Å²) in [6.45, 7) is 2.75. The molecule has 1 aromatic rings. The second-order valence-electron chi connectivity index (χ2n) is 5.09. The number of phenols is 1. The van der Waals surface area contributed by atoms with E-state index >= 15 is 0 Å². The highest BCUT2D eigenvalue weighted by Crippen LogP contribution is 2.32. The van der Waals surface area contributed by atoms with Crippen LogP contribution in [0.15, 0.2) is 22.0 Å². The maximum absolute atomic E-state index is 12.7. The van der Waals surface area contributed by atoms with Crippen LogP contribution in [0.4, 0.5) is 5.69 Å². The highest BCUT2D eigenvalue weighted by Gasteiger charge is 2.30. The Hall–Kier alpha value is -2.35.